The highest BCUT2D eigenvalue weighted by molar-refractivity contribution is 5.92. The van der Waals surface area contributed by atoms with E-state index in [0.29, 0.717) is 35.3 Å². The van der Waals surface area contributed by atoms with Crippen molar-refractivity contribution in [3.63, 3.8) is 0 Å². The van der Waals surface area contributed by atoms with Gasteiger partial charge in [0.1, 0.15) is 11.5 Å². The second kappa shape index (κ2) is 8.15. The van der Waals surface area contributed by atoms with Gasteiger partial charge in [-0.3, -0.25) is 4.79 Å². The van der Waals surface area contributed by atoms with E-state index in [1.54, 1.807) is 48.5 Å². The van der Waals surface area contributed by atoms with Gasteiger partial charge < -0.3 is 14.8 Å². The number of benzene rings is 2. The van der Waals surface area contributed by atoms with E-state index < -0.39 is 5.97 Å². The normalized spacial score (nSPS) is 10.3. The first kappa shape index (κ1) is 17.5. The molecule has 24 heavy (non-hydrogen) atoms. The quantitative estimate of drug-likeness (QED) is 0.645. The summed E-state index contributed by atoms with van der Waals surface area (Å²) in [7, 11) is 0. The van der Waals surface area contributed by atoms with E-state index in [0.717, 1.165) is 0 Å². The molecule has 0 atom stereocenters. The fourth-order valence-electron chi connectivity index (χ4n) is 1.95. The molecule has 0 aliphatic heterocycles. The van der Waals surface area contributed by atoms with Crippen LogP contribution in [0.1, 0.15) is 31.1 Å². The standard InChI is InChI=1S/C19H21NO4/c1-13(2)12-23-18-6-4-5-15(11-18)19(22)24-17-9-7-16(8-10-17)20-14(3)21/h4-11,13H,12H2,1-3H3,(H,20,21). The summed E-state index contributed by atoms with van der Waals surface area (Å²) in [5.74, 6) is 0.833. The van der Waals surface area contributed by atoms with Gasteiger partial charge in [0, 0.05) is 12.6 Å². The van der Waals surface area contributed by atoms with Crippen LogP contribution >= 0.6 is 0 Å². The first-order valence-electron chi connectivity index (χ1n) is 7.76. The maximum atomic E-state index is 12.2. The number of nitrogens with one attached hydrogen (secondary N) is 1. The van der Waals surface area contributed by atoms with Crippen molar-refractivity contribution in [1.82, 2.24) is 0 Å². The summed E-state index contributed by atoms with van der Waals surface area (Å²) in [5.41, 5.74) is 1.06. The van der Waals surface area contributed by atoms with Crippen molar-refractivity contribution in [2.45, 2.75) is 20.8 Å². The molecule has 1 N–H and O–H groups in total. The van der Waals surface area contributed by atoms with Gasteiger partial charge in [-0.1, -0.05) is 19.9 Å². The van der Waals surface area contributed by atoms with Crippen LogP contribution in [0.5, 0.6) is 11.5 Å². The smallest absolute Gasteiger partial charge is 0.343 e. The predicted molar refractivity (Wildman–Crippen MR) is 92.5 cm³/mol. The van der Waals surface area contributed by atoms with Gasteiger partial charge in [0.05, 0.1) is 12.2 Å². The molecule has 0 saturated heterocycles. The van der Waals surface area contributed by atoms with Crippen molar-refractivity contribution in [3.05, 3.63) is 54.1 Å². The lowest BCUT2D eigenvalue weighted by Gasteiger charge is -2.10. The molecule has 126 valence electrons. The van der Waals surface area contributed by atoms with Crippen LogP contribution in [0.3, 0.4) is 0 Å². The van der Waals surface area contributed by atoms with E-state index in [1.807, 2.05) is 0 Å². The van der Waals surface area contributed by atoms with Crippen molar-refractivity contribution in [2.24, 2.45) is 5.92 Å². The maximum Gasteiger partial charge on any atom is 0.343 e. The molecule has 1 amide bonds. The van der Waals surface area contributed by atoms with Gasteiger partial charge in [-0.05, 0) is 48.4 Å². The molecule has 0 aliphatic carbocycles. The van der Waals surface area contributed by atoms with Crippen molar-refractivity contribution in [3.8, 4) is 11.5 Å². The Labute approximate surface area is 141 Å². The number of esters is 1. The monoisotopic (exact) mass is 327 g/mol. The van der Waals surface area contributed by atoms with Gasteiger partial charge in [-0.2, -0.15) is 0 Å². The SMILES string of the molecule is CC(=O)Nc1ccc(OC(=O)c2cccc(OCC(C)C)c2)cc1. The first-order chi connectivity index (χ1) is 11.4. The number of ether oxygens (including phenoxy) is 2. The fraction of sp³-hybridized carbons (Fsp3) is 0.263. The van der Waals surface area contributed by atoms with E-state index in [9.17, 15) is 9.59 Å². The molecule has 0 heterocycles. The lowest BCUT2D eigenvalue weighted by atomic mass is 10.2. The minimum Gasteiger partial charge on any atom is -0.493 e. The van der Waals surface area contributed by atoms with Crippen molar-refractivity contribution in [2.75, 3.05) is 11.9 Å². The maximum absolute atomic E-state index is 12.2. The van der Waals surface area contributed by atoms with Gasteiger partial charge >= 0.3 is 5.97 Å². The zero-order valence-corrected chi connectivity index (χ0v) is 14.0. The molecular weight excluding hydrogens is 306 g/mol. The minimum absolute atomic E-state index is 0.155. The number of amides is 1. The lowest BCUT2D eigenvalue weighted by molar-refractivity contribution is -0.114. The molecule has 0 radical (unpaired) electrons. The average molecular weight is 327 g/mol. The highest BCUT2D eigenvalue weighted by Gasteiger charge is 2.10. The number of carbonyl (C=O) groups is 2. The van der Waals surface area contributed by atoms with E-state index >= 15 is 0 Å². The lowest BCUT2D eigenvalue weighted by Crippen LogP contribution is -2.10. The van der Waals surface area contributed by atoms with Gasteiger partial charge in [0.15, 0.2) is 0 Å². The molecule has 5 nitrogen and oxygen atoms in total. The van der Waals surface area contributed by atoms with Crippen LogP contribution < -0.4 is 14.8 Å². The Balaban J connectivity index is 2.01. The Morgan fingerprint density at radius 3 is 2.38 bits per heavy atom. The molecule has 0 saturated carbocycles. The van der Waals surface area contributed by atoms with E-state index in [2.05, 4.69) is 19.2 Å². The zero-order valence-electron chi connectivity index (χ0n) is 14.0. The van der Waals surface area contributed by atoms with Gasteiger partial charge in [-0.15, -0.1) is 0 Å². The van der Waals surface area contributed by atoms with E-state index in [-0.39, 0.29) is 5.91 Å². The first-order valence-corrected chi connectivity index (χ1v) is 7.76. The third-order valence-corrected chi connectivity index (χ3v) is 3.04. The van der Waals surface area contributed by atoms with Crippen LogP contribution in [0.25, 0.3) is 0 Å². The van der Waals surface area contributed by atoms with Gasteiger partial charge in [0.25, 0.3) is 0 Å². The Kier molecular flexibility index (Phi) is 5.95. The summed E-state index contributed by atoms with van der Waals surface area (Å²) >= 11 is 0. The topological polar surface area (TPSA) is 64.6 Å². The number of carbonyl (C=O) groups excluding carboxylic acids is 2. The minimum atomic E-state index is -0.461. The van der Waals surface area contributed by atoms with Gasteiger partial charge in [-0.25, -0.2) is 4.79 Å². The average Bonchev–Trinajstić information content (AvgIpc) is 2.54. The summed E-state index contributed by atoms with van der Waals surface area (Å²) < 4.78 is 10.9. The largest absolute Gasteiger partial charge is 0.493 e. The number of rotatable bonds is 6. The van der Waals surface area contributed by atoms with Crippen LogP contribution in [0.2, 0.25) is 0 Å². The molecule has 0 fully saturated rings. The van der Waals surface area contributed by atoms with Crippen LogP contribution in [0.4, 0.5) is 5.69 Å². The molecule has 2 aromatic rings. The molecule has 0 aliphatic rings. The van der Waals surface area contributed by atoms with Gasteiger partial charge in [0.2, 0.25) is 5.91 Å². The Morgan fingerprint density at radius 2 is 1.75 bits per heavy atom. The van der Waals surface area contributed by atoms with Crippen molar-refractivity contribution in [1.29, 1.82) is 0 Å². The molecule has 0 bridgehead atoms. The Hall–Kier alpha value is -2.82. The van der Waals surface area contributed by atoms with Crippen molar-refractivity contribution >= 4 is 17.6 Å². The number of hydrogen-bond donors (Lipinski definition) is 1. The summed E-state index contributed by atoms with van der Waals surface area (Å²) in [6.45, 7) is 6.14. The molecule has 2 rings (SSSR count). The van der Waals surface area contributed by atoms with Crippen molar-refractivity contribution < 1.29 is 19.1 Å². The zero-order chi connectivity index (χ0) is 17.5. The third-order valence-electron chi connectivity index (χ3n) is 3.04. The molecule has 2 aromatic carbocycles. The molecule has 5 heteroatoms. The molecule has 0 spiro atoms. The Bertz CT molecular complexity index is 708. The van der Waals surface area contributed by atoms with Crippen LogP contribution in [0.15, 0.2) is 48.5 Å². The van der Waals surface area contributed by atoms with Crippen LogP contribution in [0, 0.1) is 5.92 Å². The molecule has 0 unspecified atom stereocenters. The van der Waals surface area contributed by atoms with E-state index in [1.165, 1.54) is 6.92 Å². The Morgan fingerprint density at radius 1 is 1.04 bits per heavy atom. The fourth-order valence-corrected chi connectivity index (χ4v) is 1.95. The van der Waals surface area contributed by atoms with Crippen LogP contribution in [-0.4, -0.2) is 18.5 Å². The second-order valence-electron chi connectivity index (χ2n) is 5.83. The second-order valence-corrected chi connectivity index (χ2v) is 5.83. The predicted octanol–water partition coefficient (Wildman–Crippen LogP) is 3.90. The van der Waals surface area contributed by atoms with E-state index in [4.69, 9.17) is 9.47 Å². The summed E-state index contributed by atoms with van der Waals surface area (Å²) in [5, 5.41) is 2.65. The highest BCUT2D eigenvalue weighted by atomic mass is 16.5. The summed E-state index contributed by atoms with van der Waals surface area (Å²) in [6, 6.07) is 13.5. The third kappa shape index (κ3) is 5.43. The van der Waals surface area contributed by atoms with Crippen LogP contribution in [-0.2, 0) is 4.79 Å². The number of anilines is 1. The highest BCUT2D eigenvalue weighted by Crippen LogP contribution is 2.19. The molecular formula is C19H21NO4. The number of hydrogen-bond acceptors (Lipinski definition) is 4. The molecule has 0 aromatic heterocycles. The summed E-state index contributed by atoms with van der Waals surface area (Å²) in [4.78, 5) is 23.2. The summed E-state index contributed by atoms with van der Waals surface area (Å²) in [6.07, 6.45) is 0.